The van der Waals surface area contributed by atoms with E-state index < -0.39 is 0 Å². The molecule has 1 heterocycles. The Morgan fingerprint density at radius 2 is 2.17 bits per heavy atom. The van der Waals surface area contributed by atoms with Gasteiger partial charge < -0.3 is 9.64 Å². The number of likely N-dealkylation sites (tertiary alicyclic amines) is 1. The number of amides is 1. The van der Waals surface area contributed by atoms with Gasteiger partial charge in [0.25, 0.3) is 0 Å². The first-order valence-corrected chi connectivity index (χ1v) is 6.29. The molecule has 0 saturated carbocycles. The van der Waals surface area contributed by atoms with Gasteiger partial charge >= 0.3 is 0 Å². The van der Waals surface area contributed by atoms with Gasteiger partial charge in [-0.2, -0.15) is 0 Å². The number of nitrogens with zero attached hydrogens (tertiary/aromatic N) is 1. The number of hydrogen-bond donors (Lipinski definition) is 0. The van der Waals surface area contributed by atoms with Crippen molar-refractivity contribution in [2.24, 2.45) is 5.92 Å². The Bertz CT molecular complexity index is 405. The third-order valence-electron chi connectivity index (χ3n) is 3.26. The van der Waals surface area contributed by atoms with Crippen molar-refractivity contribution in [3.63, 3.8) is 0 Å². The van der Waals surface area contributed by atoms with Crippen LogP contribution in [0.1, 0.15) is 19.8 Å². The second-order valence-electron chi connectivity index (χ2n) is 4.74. The topological polar surface area (TPSA) is 29.5 Å². The third-order valence-corrected chi connectivity index (χ3v) is 3.26. The number of benzene rings is 1. The molecule has 2 rings (SSSR count). The van der Waals surface area contributed by atoms with Crippen molar-refractivity contribution < 1.29 is 13.9 Å². The van der Waals surface area contributed by atoms with Crippen LogP contribution < -0.4 is 4.74 Å². The van der Waals surface area contributed by atoms with E-state index in [1.165, 1.54) is 12.1 Å². The van der Waals surface area contributed by atoms with Crippen molar-refractivity contribution in [2.75, 3.05) is 19.7 Å². The second-order valence-corrected chi connectivity index (χ2v) is 4.74. The second kappa shape index (κ2) is 5.85. The Morgan fingerprint density at radius 3 is 2.83 bits per heavy atom. The van der Waals surface area contributed by atoms with Gasteiger partial charge in [0.15, 0.2) is 0 Å². The summed E-state index contributed by atoms with van der Waals surface area (Å²) in [5, 5.41) is 0. The minimum Gasteiger partial charge on any atom is -0.493 e. The molecule has 0 N–H and O–H groups in total. The van der Waals surface area contributed by atoms with E-state index in [2.05, 4.69) is 0 Å². The molecule has 1 atom stereocenters. The fourth-order valence-electron chi connectivity index (χ4n) is 2.23. The molecular formula is C14H18FNO2. The molecule has 1 aromatic carbocycles. The third kappa shape index (κ3) is 3.45. The quantitative estimate of drug-likeness (QED) is 0.826. The molecule has 1 saturated heterocycles. The van der Waals surface area contributed by atoms with Crippen molar-refractivity contribution in [3.8, 4) is 5.75 Å². The van der Waals surface area contributed by atoms with Crippen molar-refractivity contribution in [1.82, 2.24) is 4.90 Å². The smallest absolute Gasteiger partial charge is 0.219 e. The first-order chi connectivity index (χ1) is 8.65. The lowest BCUT2D eigenvalue weighted by molar-refractivity contribution is -0.130. The number of carbonyl (C=O) groups is 1. The fourth-order valence-corrected chi connectivity index (χ4v) is 2.23. The lowest BCUT2D eigenvalue weighted by Gasteiger charge is -2.31. The summed E-state index contributed by atoms with van der Waals surface area (Å²) in [4.78, 5) is 13.2. The monoisotopic (exact) mass is 251 g/mol. The zero-order valence-corrected chi connectivity index (χ0v) is 10.6. The molecule has 0 bridgehead atoms. The van der Waals surface area contributed by atoms with Gasteiger partial charge in [-0.3, -0.25) is 4.79 Å². The van der Waals surface area contributed by atoms with E-state index in [0.29, 0.717) is 18.3 Å². The number of ether oxygens (including phenoxy) is 1. The molecule has 1 aromatic rings. The zero-order valence-electron chi connectivity index (χ0n) is 10.6. The van der Waals surface area contributed by atoms with Crippen molar-refractivity contribution in [1.29, 1.82) is 0 Å². The van der Waals surface area contributed by atoms with Crippen molar-refractivity contribution in [2.45, 2.75) is 19.8 Å². The molecule has 0 spiro atoms. The summed E-state index contributed by atoms with van der Waals surface area (Å²) in [6.45, 7) is 3.79. The Kier molecular flexibility index (Phi) is 4.18. The van der Waals surface area contributed by atoms with Gasteiger partial charge in [-0.05, 0) is 37.1 Å². The van der Waals surface area contributed by atoms with E-state index in [1.807, 2.05) is 4.90 Å². The van der Waals surface area contributed by atoms with Crippen LogP contribution in [-0.2, 0) is 4.79 Å². The molecule has 3 nitrogen and oxygen atoms in total. The average Bonchev–Trinajstić information content (AvgIpc) is 2.38. The summed E-state index contributed by atoms with van der Waals surface area (Å²) < 4.78 is 18.3. The predicted octanol–water partition coefficient (Wildman–Crippen LogP) is 2.46. The molecular weight excluding hydrogens is 233 g/mol. The summed E-state index contributed by atoms with van der Waals surface area (Å²) in [5.41, 5.74) is 0. The fraction of sp³-hybridized carbons (Fsp3) is 0.500. The van der Waals surface area contributed by atoms with Crippen LogP contribution in [0.3, 0.4) is 0 Å². The molecule has 1 aliphatic rings. The molecule has 4 heteroatoms. The molecule has 1 aliphatic heterocycles. The van der Waals surface area contributed by atoms with Crippen molar-refractivity contribution in [3.05, 3.63) is 30.1 Å². The van der Waals surface area contributed by atoms with Gasteiger partial charge in [-0.15, -0.1) is 0 Å². The number of rotatable bonds is 3. The molecule has 0 aliphatic carbocycles. The van der Waals surface area contributed by atoms with E-state index in [4.69, 9.17) is 4.74 Å². The summed E-state index contributed by atoms with van der Waals surface area (Å²) in [6, 6.07) is 6.03. The SMILES string of the molecule is CC(=O)N1CCCC(COc2ccc(F)cc2)C1. The van der Waals surface area contributed by atoms with E-state index >= 15 is 0 Å². The van der Waals surface area contributed by atoms with E-state index in [1.54, 1.807) is 19.1 Å². The van der Waals surface area contributed by atoms with Crippen LogP contribution in [0.2, 0.25) is 0 Å². The summed E-state index contributed by atoms with van der Waals surface area (Å²) >= 11 is 0. The lowest BCUT2D eigenvalue weighted by Crippen LogP contribution is -2.40. The maximum atomic E-state index is 12.7. The minimum absolute atomic E-state index is 0.126. The highest BCUT2D eigenvalue weighted by molar-refractivity contribution is 5.73. The number of halogens is 1. The van der Waals surface area contributed by atoms with Gasteiger partial charge in [0.05, 0.1) is 6.61 Å². The first kappa shape index (κ1) is 12.9. The van der Waals surface area contributed by atoms with Crippen LogP contribution in [-0.4, -0.2) is 30.5 Å². The van der Waals surface area contributed by atoms with Crippen LogP contribution in [0.4, 0.5) is 4.39 Å². The van der Waals surface area contributed by atoms with Gasteiger partial charge in [0, 0.05) is 25.9 Å². The molecule has 98 valence electrons. The Labute approximate surface area is 107 Å². The summed E-state index contributed by atoms with van der Waals surface area (Å²) in [5.74, 6) is 0.910. The molecule has 18 heavy (non-hydrogen) atoms. The van der Waals surface area contributed by atoms with Crippen LogP contribution in [0.15, 0.2) is 24.3 Å². The van der Waals surface area contributed by atoms with Gasteiger partial charge in [-0.1, -0.05) is 0 Å². The highest BCUT2D eigenvalue weighted by Crippen LogP contribution is 2.19. The van der Waals surface area contributed by atoms with Gasteiger partial charge in [-0.25, -0.2) is 4.39 Å². The van der Waals surface area contributed by atoms with E-state index in [0.717, 1.165) is 25.9 Å². The van der Waals surface area contributed by atoms with E-state index in [-0.39, 0.29) is 11.7 Å². The average molecular weight is 251 g/mol. The normalized spacial score (nSPS) is 19.7. The van der Waals surface area contributed by atoms with Gasteiger partial charge in [0.2, 0.25) is 5.91 Å². The summed E-state index contributed by atoms with van der Waals surface area (Å²) in [6.07, 6.45) is 2.10. The minimum atomic E-state index is -0.261. The van der Waals surface area contributed by atoms with Crippen LogP contribution in [0.25, 0.3) is 0 Å². The van der Waals surface area contributed by atoms with Crippen molar-refractivity contribution >= 4 is 5.91 Å². The largest absolute Gasteiger partial charge is 0.493 e. The lowest BCUT2D eigenvalue weighted by atomic mass is 9.99. The van der Waals surface area contributed by atoms with Crippen LogP contribution in [0, 0.1) is 11.7 Å². The molecule has 1 fully saturated rings. The number of hydrogen-bond acceptors (Lipinski definition) is 2. The predicted molar refractivity (Wildman–Crippen MR) is 66.9 cm³/mol. The molecule has 0 radical (unpaired) electrons. The van der Waals surface area contributed by atoms with Gasteiger partial charge in [0.1, 0.15) is 11.6 Å². The molecule has 0 aromatic heterocycles. The zero-order chi connectivity index (χ0) is 13.0. The van der Waals surface area contributed by atoms with Crippen LogP contribution in [0.5, 0.6) is 5.75 Å². The maximum absolute atomic E-state index is 12.7. The molecule has 1 amide bonds. The summed E-state index contributed by atoms with van der Waals surface area (Å²) in [7, 11) is 0. The highest BCUT2D eigenvalue weighted by Gasteiger charge is 2.21. The Hall–Kier alpha value is -1.58. The maximum Gasteiger partial charge on any atom is 0.219 e. The number of carbonyl (C=O) groups excluding carboxylic acids is 1. The van der Waals surface area contributed by atoms with Crippen LogP contribution >= 0.6 is 0 Å². The number of piperidine rings is 1. The van der Waals surface area contributed by atoms with E-state index in [9.17, 15) is 9.18 Å². The Balaban J connectivity index is 1.82. The molecule has 1 unspecified atom stereocenters. The highest BCUT2D eigenvalue weighted by atomic mass is 19.1. The standard InChI is InChI=1S/C14H18FNO2/c1-11(17)16-8-2-3-12(9-16)10-18-14-6-4-13(15)5-7-14/h4-7,12H,2-3,8-10H2,1H3. The Morgan fingerprint density at radius 1 is 1.44 bits per heavy atom. The first-order valence-electron chi connectivity index (χ1n) is 6.29.